The summed E-state index contributed by atoms with van der Waals surface area (Å²) in [6, 6.07) is 7.18. The van der Waals surface area contributed by atoms with Crippen LogP contribution in [0, 0.1) is 0 Å². The highest BCUT2D eigenvalue weighted by atomic mass is 16.5. The van der Waals surface area contributed by atoms with Crippen molar-refractivity contribution in [3.8, 4) is 11.5 Å². The van der Waals surface area contributed by atoms with E-state index in [-0.39, 0.29) is 12.5 Å². The zero-order valence-corrected chi connectivity index (χ0v) is 10.9. The number of nitrogens with two attached hydrogens (primary N) is 1. The molecule has 0 bridgehead atoms. The van der Waals surface area contributed by atoms with Crippen LogP contribution in [-0.4, -0.2) is 44.2 Å². The molecule has 0 saturated carbocycles. The minimum absolute atomic E-state index is 0.0183. The second-order valence-corrected chi connectivity index (χ2v) is 3.80. The molecule has 100 valence electrons. The molecule has 1 rings (SSSR count). The lowest BCUT2D eigenvalue weighted by atomic mass is 10.3. The lowest BCUT2D eigenvalue weighted by Gasteiger charge is -2.16. The van der Waals surface area contributed by atoms with Gasteiger partial charge in [0.05, 0.1) is 6.61 Å². The van der Waals surface area contributed by atoms with Gasteiger partial charge in [0.15, 0.2) is 6.61 Å². The first-order chi connectivity index (χ1) is 8.67. The number of nitrogens with zero attached hydrogens (tertiary/aromatic N) is 1. The van der Waals surface area contributed by atoms with Crippen molar-refractivity contribution in [2.45, 2.75) is 6.92 Å². The Morgan fingerprint density at radius 2 is 1.78 bits per heavy atom. The van der Waals surface area contributed by atoms with E-state index in [1.165, 1.54) is 0 Å². The van der Waals surface area contributed by atoms with Crippen LogP contribution < -0.4 is 15.2 Å². The van der Waals surface area contributed by atoms with Crippen LogP contribution in [0.1, 0.15) is 6.92 Å². The summed E-state index contributed by atoms with van der Waals surface area (Å²) < 4.78 is 10.7. The maximum absolute atomic E-state index is 11.6. The quantitative estimate of drug-likeness (QED) is 0.782. The topological polar surface area (TPSA) is 64.8 Å². The molecule has 0 aromatic heterocycles. The highest BCUT2D eigenvalue weighted by Crippen LogP contribution is 2.17. The summed E-state index contributed by atoms with van der Waals surface area (Å²) in [4.78, 5) is 13.1. The molecule has 0 unspecified atom stereocenters. The maximum atomic E-state index is 11.6. The first-order valence-corrected chi connectivity index (χ1v) is 5.97. The second kappa shape index (κ2) is 7.55. The van der Waals surface area contributed by atoms with Gasteiger partial charge in [-0.05, 0) is 31.2 Å². The molecule has 1 aromatic rings. The molecule has 0 atom stereocenters. The molecular formula is C13H20N2O3. The number of amides is 1. The van der Waals surface area contributed by atoms with Crippen LogP contribution in [-0.2, 0) is 4.79 Å². The Balaban J connectivity index is 2.41. The molecule has 5 heteroatoms. The van der Waals surface area contributed by atoms with E-state index in [2.05, 4.69) is 0 Å². The molecule has 0 spiro atoms. The SMILES string of the molecule is CCOc1ccc(OCC(=O)N(C)CCN)cc1. The monoisotopic (exact) mass is 252 g/mol. The Morgan fingerprint density at radius 3 is 2.28 bits per heavy atom. The molecule has 0 aliphatic carbocycles. The van der Waals surface area contributed by atoms with Gasteiger partial charge in [0.1, 0.15) is 11.5 Å². The summed E-state index contributed by atoms with van der Waals surface area (Å²) in [7, 11) is 1.71. The second-order valence-electron chi connectivity index (χ2n) is 3.80. The highest BCUT2D eigenvalue weighted by molar-refractivity contribution is 5.77. The van der Waals surface area contributed by atoms with E-state index >= 15 is 0 Å². The predicted molar refractivity (Wildman–Crippen MR) is 69.8 cm³/mol. The third-order valence-electron chi connectivity index (χ3n) is 2.39. The Hall–Kier alpha value is -1.75. The number of likely N-dealkylation sites (N-methyl/N-ethyl adjacent to an activating group) is 1. The Labute approximate surface area is 107 Å². The molecular weight excluding hydrogens is 232 g/mol. The van der Waals surface area contributed by atoms with Crippen LogP contribution in [0.4, 0.5) is 0 Å². The third kappa shape index (κ3) is 4.63. The van der Waals surface area contributed by atoms with Crippen molar-refractivity contribution in [1.29, 1.82) is 0 Å². The van der Waals surface area contributed by atoms with Gasteiger partial charge in [0.25, 0.3) is 5.91 Å². The first-order valence-electron chi connectivity index (χ1n) is 5.97. The van der Waals surface area contributed by atoms with Crippen molar-refractivity contribution in [3.63, 3.8) is 0 Å². The van der Waals surface area contributed by atoms with Crippen molar-refractivity contribution >= 4 is 5.91 Å². The molecule has 1 aromatic carbocycles. The fourth-order valence-electron chi connectivity index (χ4n) is 1.37. The van der Waals surface area contributed by atoms with Crippen molar-refractivity contribution in [2.75, 3.05) is 33.4 Å². The fraction of sp³-hybridized carbons (Fsp3) is 0.462. The fourth-order valence-corrected chi connectivity index (χ4v) is 1.37. The standard InChI is InChI=1S/C13H20N2O3/c1-3-17-11-4-6-12(7-5-11)18-10-13(16)15(2)9-8-14/h4-7H,3,8-10,14H2,1-2H3. The summed E-state index contributed by atoms with van der Waals surface area (Å²) in [5, 5.41) is 0. The Kier molecular flexibility index (Phi) is 6.00. The van der Waals surface area contributed by atoms with Gasteiger partial charge in [-0.1, -0.05) is 0 Å². The van der Waals surface area contributed by atoms with Gasteiger partial charge in [-0.2, -0.15) is 0 Å². The number of carbonyl (C=O) groups is 1. The van der Waals surface area contributed by atoms with Gasteiger partial charge in [-0.25, -0.2) is 0 Å². The van der Waals surface area contributed by atoms with Crippen LogP contribution in [0.3, 0.4) is 0 Å². The average Bonchev–Trinajstić information content (AvgIpc) is 2.38. The predicted octanol–water partition coefficient (Wildman–Crippen LogP) is 0.881. The number of benzene rings is 1. The minimum Gasteiger partial charge on any atom is -0.494 e. The molecule has 5 nitrogen and oxygen atoms in total. The maximum Gasteiger partial charge on any atom is 0.260 e. The summed E-state index contributed by atoms with van der Waals surface area (Å²) in [6.07, 6.45) is 0. The van der Waals surface area contributed by atoms with Crippen LogP contribution in [0.15, 0.2) is 24.3 Å². The zero-order valence-electron chi connectivity index (χ0n) is 10.9. The van der Waals surface area contributed by atoms with E-state index in [4.69, 9.17) is 15.2 Å². The molecule has 18 heavy (non-hydrogen) atoms. The highest BCUT2D eigenvalue weighted by Gasteiger charge is 2.08. The average molecular weight is 252 g/mol. The normalized spacial score (nSPS) is 9.94. The first kappa shape index (κ1) is 14.3. The number of ether oxygens (including phenoxy) is 2. The summed E-state index contributed by atoms with van der Waals surface area (Å²) in [6.45, 7) is 3.56. The summed E-state index contributed by atoms with van der Waals surface area (Å²) >= 11 is 0. The number of hydrogen-bond donors (Lipinski definition) is 1. The number of carbonyl (C=O) groups excluding carboxylic acids is 1. The van der Waals surface area contributed by atoms with Crippen molar-refractivity contribution in [1.82, 2.24) is 4.90 Å². The van der Waals surface area contributed by atoms with Crippen LogP contribution in [0.5, 0.6) is 11.5 Å². The van der Waals surface area contributed by atoms with Gasteiger partial charge < -0.3 is 20.1 Å². The molecule has 0 aliphatic rings. The van der Waals surface area contributed by atoms with Gasteiger partial charge in [0, 0.05) is 20.1 Å². The van der Waals surface area contributed by atoms with E-state index in [0.717, 1.165) is 5.75 Å². The molecule has 2 N–H and O–H groups in total. The number of hydrogen-bond acceptors (Lipinski definition) is 4. The lowest BCUT2D eigenvalue weighted by Crippen LogP contribution is -2.35. The van der Waals surface area contributed by atoms with Crippen LogP contribution in [0.25, 0.3) is 0 Å². The van der Waals surface area contributed by atoms with E-state index < -0.39 is 0 Å². The van der Waals surface area contributed by atoms with Crippen molar-refractivity contribution in [2.24, 2.45) is 5.73 Å². The van der Waals surface area contributed by atoms with Crippen molar-refractivity contribution < 1.29 is 14.3 Å². The smallest absolute Gasteiger partial charge is 0.260 e. The van der Waals surface area contributed by atoms with E-state index in [1.807, 2.05) is 19.1 Å². The van der Waals surface area contributed by atoms with Crippen LogP contribution >= 0.6 is 0 Å². The van der Waals surface area contributed by atoms with Gasteiger partial charge in [-0.3, -0.25) is 4.79 Å². The van der Waals surface area contributed by atoms with Crippen molar-refractivity contribution in [3.05, 3.63) is 24.3 Å². The Morgan fingerprint density at radius 1 is 1.22 bits per heavy atom. The van der Waals surface area contributed by atoms with E-state index in [9.17, 15) is 4.79 Å². The van der Waals surface area contributed by atoms with E-state index in [0.29, 0.717) is 25.4 Å². The third-order valence-corrected chi connectivity index (χ3v) is 2.39. The zero-order chi connectivity index (χ0) is 13.4. The van der Waals surface area contributed by atoms with Gasteiger partial charge in [-0.15, -0.1) is 0 Å². The lowest BCUT2D eigenvalue weighted by molar-refractivity contribution is -0.131. The van der Waals surface area contributed by atoms with Gasteiger partial charge in [0.2, 0.25) is 0 Å². The Bertz CT molecular complexity index is 365. The molecule has 0 heterocycles. The van der Waals surface area contributed by atoms with Gasteiger partial charge >= 0.3 is 0 Å². The number of rotatable bonds is 7. The largest absolute Gasteiger partial charge is 0.494 e. The molecule has 0 radical (unpaired) electrons. The molecule has 1 amide bonds. The van der Waals surface area contributed by atoms with E-state index in [1.54, 1.807) is 24.1 Å². The molecule has 0 aliphatic heterocycles. The summed E-state index contributed by atoms with van der Waals surface area (Å²) in [5.41, 5.74) is 5.37. The van der Waals surface area contributed by atoms with Crippen LogP contribution in [0.2, 0.25) is 0 Å². The molecule has 0 saturated heterocycles. The molecule has 0 fully saturated rings. The minimum atomic E-state index is -0.0886. The summed E-state index contributed by atoms with van der Waals surface area (Å²) in [5.74, 6) is 1.35.